The van der Waals surface area contributed by atoms with Gasteiger partial charge in [-0.2, -0.15) is 0 Å². The Bertz CT molecular complexity index is 948. The highest BCUT2D eigenvalue weighted by Crippen LogP contribution is 2.16. The fourth-order valence-electron chi connectivity index (χ4n) is 2.58. The van der Waals surface area contributed by atoms with Gasteiger partial charge in [-0.1, -0.05) is 6.07 Å². The predicted octanol–water partition coefficient (Wildman–Crippen LogP) is 2.63. The minimum absolute atomic E-state index is 0.218. The van der Waals surface area contributed by atoms with Crippen LogP contribution in [0.25, 0.3) is 5.69 Å². The molecule has 0 unspecified atom stereocenters. The molecule has 3 aromatic rings. The molecule has 132 valence electrons. The van der Waals surface area contributed by atoms with Crippen molar-refractivity contribution in [1.29, 1.82) is 0 Å². The number of benzene rings is 2. The van der Waals surface area contributed by atoms with Crippen molar-refractivity contribution in [3.8, 4) is 5.69 Å². The summed E-state index contributed by atoms with van der Waals surface area (Å²) in [4.78, 5) is 24.5. The topological polar surface area (TPSA) is 87.0 Å². The predicted molar refractivity (Wildman–Crippen MR) is 94.4 cm³/mol. The molecule has 0 N–H and O–H groups in total. The van der Waals surface area contributed by atoms with Crippen LogP contribution in [-0.4, -0.2) is 38.6 Å². The number of ketones is 1. The SMILES string of the molecule is Cc1cc(C)c(C(=O)COC(=O)c2ccc(-n3cnnn3)cc2)cc1C. The van der Waals surface area contributed by atoms with Crippen LogP contribution in [-0.2, 0) is 4.74 Å². The van der Waals surface area contributed by atoms with Gasteiger partial charge in [0.05, 0.1) is 11.3 Å². The Labute approximate surface area is 150 Å². The first-order valence-electron chi connectivity index (χ1n) is 8.07. The number of esters is 1. The molecule has 0 aliphatic rings. The number of hydrogen-bond donors (Lipinski definition) is 0. The second-order valence-corrected chi connectivity index (χ2v) is 6.05. The van der Waals surface area contributed by atoms with Crippen molar-refractivity contribution >= 4 is 11.8 Å². The monoisotopic (exact) mass is 350 g/mol. The number of nitrogens with zero attached hydrogens (tertiary/aromatic N) is 4. The van der Waals surface area contributed by atoms with Crippen LogP contribution in [0.3, 0.4) is 0 Å². The lowest BCUT2D eigenvalue weighted by Gasteiger charge is -2.10. The molecule has 2 aromatic carbocycles. The van der Waals surface area contributed by atoms with E-state index in [4.69, 9.17) is 4.74 Å². The first kappa shape index (κ1) is 17.5. The summed E-state index contributed by atoms with van der Waals surface area (Å²) in [6.45, 7) is 5.52. The van der Waals surface area contributed by atoms with Crippen molar-refractivity contribution in [3.05, 3.63) is 70.5 Å². The van der Waals surface area contributed by atoms with Crippen LogP contribution in [0.1, 0.15) is 37.4 Å². The second-order valence-electron chi connectivity index (χ2n) is 6.05. The van der Waals surface area contributed by atoms with Crippen molar-refractivity contribution in [2.45, 2.75) is 20.8 Å². The van der Waals surface area contributed by atoms with Crippen molar-refractivity contribution in [2.24, 2.45) is 0 Å². The summed E-state index contributed by atoms with van der Waals surface area (Å²) >= 11 is 0. The van der Waals surface area contributed by atoms with E-state index in [2.05, 4.69) is 15.5 Å². The molecule has 0 amide bonds. The number of tetrazole rings is 1. The molecule has 7 nitrogen and oxygen atoms in total. The molecule has 0 spiro atoms. The van der Waals surface area contributed by atoms with E-state index < -0.39 is 5.97 Å². The number of hydrogen-bond acceptors (Lipinski definition) is 6. The zero-order valence-electron chi connectivity index (χ0n) is 14.8. The molecule has 0 aliphatic carbocycles. The van der Waals surface area contributed by atoms with E-state index in [9.17, 15) is 9.59 Å². The van der Waals surface area contributed by atoms with Crippen LogP contribution in [0, 0.1) is 20.8 Å². The summed E-state index contributed by atoms with van der Waals surface area (Å²) in [5, 5.41) is 10.9. The van der Waals surface area contributed by atoms with Crippen molar-refractivity contribution in [3.63, 3.8) is 0 Å². The minimum Gasteiger partial charge on any atom is -0.454 e. The summed E-state index contributed by atoms with van der Waals surface area (Å²) in [6, 6.07) is 10.4. The zero-order chi connectivity index (χ0) is 18.7. The largest absolute Gasteiger partial charge is 0.454 e. The smallest absolute Gasteiger partial charge is 0.338 e. The Balaban J connectivity index is 1.65. The van der Waals surface area contributed by atoms with Gasteiger partial charge in [0, 0.05) is 5.56 Å². The van der Waals surface area contributed by atoms with E-state index in [1.807, 2.05) is 32.9 Å². The third-order valence-electron chi connectivity index (χ3n) is 4.19. The third-order valence-corrected chi connectivity index (χ3v) is 4.19. The van der Waals surface area contributed by atoms with Gasteiger partial charge in [-0.05, 0) is 78.2 Å². The Hall–Kier alpha value is -3.35. The maximum absolute atomic E-state index is 12.4. The lowest BCUT2D eigenvalue weighted by Crippen LogP contribution is -2.15. The van der Waals surface area contributed by atoms with Gasteiger partial charge in [-0.25, -0.2) is 9.48 Å². The molecule has 0 atom stereocenters. The van der Waals surface area contributed by atoms with Crippen LogP contribution >= 0.6 is 0 Å². The van der Waals surface area contributed by atoms with E-state index >= 15 is 0 Å². The molecular formula is C19H18N4O3. The number of carbonyl (C=O) groups is 2. The Kier molecular flexibility index (Phi) is 4.88. The van der Waals surface area contributed by atoms with E-state index in [0.29, 0.717) is 16.8 Å². The fourth-order valence-corrected chi connectivity index (χ4v) is 2.58. The number of ether oxygens (including phenoxy) is 1. The Morgan fingerprint density at radius 2 is 1.69 bits per heavy atom. The van der Waals surface area contributed by atoms with Gasteiger partial charge in [0.1, 0.15) is 6.33 Å². The van der Waals surface area contributed by atoms with E-state index in [1.165, 1.54) is 11.0 Å². The molecule has 0 saturated carbocycles. The molecule has 1 heterocycles. The first-order valence-corrected chi connectivity index (χ1v) is 8.07. The third kappa shape index (κ3) is 3.66. The van der Waals surface area contributed by atoms with Gasteiger partial charge >= 0.3 is 5.97 Å². The van der Waals surface area contributed by atoms with Gasteiger partial charge < -0.3 is 4.74 Å². The zero-order valence-corrected chi connectivity index (χ0v) is 14.8. The molecular weight excluding hydrogens is 332 g/mol. The van der Waals surface area contributed by atoms with Crippen LogP contribution in [0.4, 0.5) is 0 Å². The van der Waals surface area contributed by atoms with Crippen molar-refractivity contribution in [1.82, 2.24) is 20.2 Å². The molecule has 0 saturated heterocycles. The molecule has 0 fully saturated rings. The van der Waals surface area contributed by atoms with E-state index in [1.54, 1.807) is 24.3 Å². The van der Waals surface area contributed by atoms with Crippen LogP contribution < -0.4 is 0 Å². The highest BCUT2D eigenvalue weighted by Gasteiger charge is 2.15. The van der Waals surface area contributed by atoms with E-state index in [-0.39, 0.29) is 12.4 Å². The molecule has 3 rings (SSSR count). The molecule has 7 heteroatoms. The molecule has 0 bridgehead atoms. The van der Waals surface area contributed by atoms with E-state index in [0.717, 1.165) is 16.7 Å². The molecule has 1 aromatic heterocycles. The van der Waals surface area contributed by atoms with Gasteiger partial charge in [0.2, 0.25) is 5.78 Å². The quantitative estimate of drug-likeness (QED) is 0.519. The van der Waals surface area contributed by atoms with Crippen LogP contribution in [0.15, 0.2) is 42.7 Å². The highest BCUT2D eigenvalue weighted by molar-refractivity contribution is 6.00. The highest BCUT2D eigenvalue weighted by atomic mass is 16.5. The van der Waals surface area contributed by atoms with Gasteiger partial charge in [-0.15, -0.1) is 5.10 Å². The minimum atomic E-state index is -0.553. The number of aromatic nitrogens is 4. The molecule has 0 radical (unpaired) electrons. The summed E-state index contributed by atoms with van der Waals surface area (Å²) in [5.41, 5.74) is 4.68. The second kappa shape index (κ2) is 7.26. The maximum Gasteiger partial charge on any atom is 0.338 e. The van der Waals surface area contributed by atoms with Crippen molar-refractivity contribution in [2.75, 3.05) is 6.61 Å². The van der Waals surface area contributed by atoms with Crippen LogP contribution in [0.2, 0.25) is 0 Å². The van der Waals surface area contributed by atoms with Crippen LogP contribution in [0.5, 0.6) is 0 Å². The summed E-state index contributed by atoms with van der Waals surface area (Å²) in [5.74, 6) is -0.771. The number of rotatable bonds is 5. The number of aryl methyl sites for hydroxylation is 3. The average molecular weight is 350 g/mol. The standard InChI is InChI=1S/C19H18N4O3/c1-12-8-14(3)17(9-13(12)2)18(24)10-26-19(25)15-4-6-16(7-5-15)23-11-20-21-22-23/h4-9,11H,10H2,1-3H3. The normalized spacial score (nSPS) is 10.6. The summed E-state index contributed by atoms with van der Waals surface area (Å²) < 4.78 is 6.64. The Morgan fingerprint density at radius 3 is 2.35 bits per heavy atom. The fraction of sp³-hybridized carbons (Fsp3) is 0.211. The molecule has 26 heavy (non-hydrogen) atoms. The lowest BCUT2D eigenvalue weighted by atomic mass is 9.98. The summed E-state index contributed by atoms with van der Waals surface area (Å²) in [6.07, 6.45) is 1.46. The number of Topliss-reactive ketones (excluding diaryl/α,β-unsaturated/α-hetero) is 1. The molecule has 0 aliphatic heterocycles. The Morgan fingerprint density at radius 1 is 1.00 bits per heavy atom. The lowest BCUT2D eigenvalue weighted by molar-refractivity contribution is 0.0474. The van der Waals surface area contributed by atoms with Crippen molar-refractivity contribution < 1.29 is 14.3 Å². The number of carbonyl (C=O) groups excluding carboxylic acids is 2. The first-order chi connectivity index (χ1) is 12.5. The van der Waals surface area contributed by atoms with Gasteiger partial charge in [0.25, 0.3) is 0 Å². The maximum atomic E-state index is 12.4. The van der Waals surface area contributed by atoms with Gasteiger partial charge in [-0.3, -0.25) is 4.79 Å². The average Bonchev–Trinajstić information content (AvgIpc) is 3.17. The van der Waals surface area contributed by atoms with Gasteiger partial charge in [0.15, 0.2) is 6.61 Å². The summed E-state index contributed by atoms with van der Waals surface area (Å²) in [7, 11) is 0.